The molecule has 132 valence electrons. The van der Waals surface area contributed by atoms with Crippen molar-refractivity contribution in [1.29, 1.82) is 0 Å². The molecule has 2 aromatic carbocycles. The van der Waals surface area contributed by atoms with Crippen molar-refractivity contribution in [2.45, 2.75) is 13.0 Å². The smallest absolute Gasteiger partial charge is 0.251 e. The van der Waals surface area contributed by atoms with Gasteiger partial charge in [-0.05, 0) is 19.1 Å². The Kier molecular flexibility index (Phi) is 6.25. The average molecular weight is 363 g/mol. The Morgan fingerprint density at radius 1 is 1.04 bits per heavy atom. The number of ether oxygens (including phenoxy) is 2. The number of carbonyl (C=O) groups is 2. The fourth-order valence-electron chi connectivity index (χ4n) is 2.13. The van der Waals surface area contributed by atoms with Crippen LogP contribution in [0.5, 0.6) is 11.5 Å². The molecule has 0 radical (unpaired) electrons. The third-order valence-electron chi connectivity index (χ3n) is 3.51. The first-order valence-electron chi connectivity index (χ1n) is 7.54. The van der Waals surface area contributed by atoms with Gasteiger partial charge in [-0.2, -0.15) is 0 Å². The lowest BCUT2D eigenvalue weighted by molar-refractivity contribution is -0.117. The highest BCUT2D eigenvalue weighted by molar-refractivity contribution is 6.32. The Labute approximate surface area is 151 Å². The average Bonchev–Trinajstić information content (AvgIpc) is 2.63. The minimum atomic E-state index is -0.751. The standard InChI is InChI=1S/C18H19ClN2O4/c1-11(20-18(23)12-7-5-4-6-8-12)17(22)21-14-10-15(24-2)13(19)9-16(14)25-3/h4-11H,1-3H3,(H,20,23)(H,21,22). The van der Waals surface area contributed by atoms with E-state index in [1.54, 1.807) is 43.3 Å². The summed E-state index contributed by atoms with van der Waals surface area (Å²) < 4.78 is 10.4. The molecule has 2 amide bonds. The van der Waals surface area contributed by atoms with Crippen LogP contribution in [0.15, 0.2) is 42.5 Å². The summed E-state index contributed by atoms with van der Waals surface area (Å²) in [5.74, 6) is 0.0651. The summed E-state index contributed by atoms with van der Waals surface area (Å²) in [5, 5.41) is 5.71. The third kappa shape index (κ3) is 4.64. The van der Waals surface area contributed by atoms with Crippen LogP contribution in [0.3, 0.4) is 0 Å². The maximum absolute atomic E-state index is 12.4. The number of benzene rings is 2. The number of halogens is 1. The zero-order valence-electron chi connectivity index (χ0n) is 14.1. The van der Waals surface area contributed by atoms with Gasteiger partial charge in [0, 0.05) is 17.7 Å². The highest BCUT2D eigenvalue weighted by Gasteiger charge is 2.19. The van der Waals surface area contributed by atoms with Crippen molar-refractivity contribution in [2.24, 2.45) is 0 Å². The molecule has 0 aliphatic carbocycles. The van der Waals surface area contributed by atoms with E-state index in [4.69, 9.17) is 21.1 Å². The van der Waals surface area contributed by atoms with Gasteiger partial charge in [0.2, 0.25) is 5.91 Å². The second-order valence-electron chi connectivity index (χ2n) is 5.24. The highest BCUT2D eigenvalue weighted by Crippen LogP contribution is 2.35. The van der Waals surface area contributed by atoms with E-state index < -0.39 is 11.9 Å². The van der Waals surface area contributed by atoms with Gasteiger partial charge >= 0.3 is 0 Å². The van der Waals surface area contributed by atoms with Crippen molar-refractivity contribution in [3.05, 3.63) is 53.1 Å². The van der Waals surface area contributed by atoms with Gasteiger partial charge in [0.15, 0.2) is 0 Å². The van der Waals surface area contributed by atoms with Gasteiger partial charge in [-0.15, -0.1) is 0 Å². The van der Waals surface area contributed by atoms with E-state index in [0.717, 1.165) is 0 Å². The summed E-state index contributed by atoms with van der Waals surface area (Å²) in [4.78, 5) is 24.5. The summed E-state index contributed by atoms with van der Waals surface area (Å²) in [6.07, 6.45) is 0. The predicted octanol–water partition coefficient (Wildman–Crippen LogP) is 3.11. The van der Waals surface area contributed by atoms with Crippen molar-refractivity contribution >= 4 is 29.1 Å². The van der Waals surface area contributed by atoms with Gasteiger partial charge in [-0.25, -0.2) is 0 Å². The Bertz CT molecular complexity index is 765. The van der Waals surface area contributed by atoms with Crippen molar-refractivity contribution in [2.75, 3.05) is 19.5 Å². The second kappa shape index (κ2) is 8.39. The molecule has 0 aliphatic rings. The summed E-state index contributed by atoms with van der Waals surface area (Å²) in [6, 6.07) is 11.0. The number of hydrogen-bond acceptors (Lipinski definition) is 4. The van der Waals surface area contributed by atoms with Gasteiger partial charge in [-0.3, -0.25) is 9.59 Å². The van der Waals surface area contributed by atoms with E-state index in [2.05, 4.69) is 10.6 Å². The zero-order valence-corrected chi connectivity index (χ0v) is 14.9. The molecule has 0 saturated heterocycles. The molecule has 0 spiro atoms. The van der Waals surface area contributed by atoms with Crippen molar-refractivity contribution in [1.82, 2.24) is 5.32 Å². The van der Waals surface area contributed by atoms with Crippen LogP contribution in [0.1, 0.15) is 17.3 Å². The summed E-state index contributed by atoms with van der Waals surface area (Å²) in [5.41, 5.74) is 0.877. The molecule has 0 bridgehead atoms. The van der Waals surface area contributed by atoms with E-state index in [-0.39, 0.29) is 5.91 Å². The zero-order chi connectivity index (χ0) is 18.4. The summed E-state index contributed by atoms with van der Waals surface area (Å²) in [7, 11) is 2.94. The van der Waals surface area contributed by atoms with Crippen LogP contribution in [-0.2, 0) is 4.79 Å². The molecule has 7 heteroatoms. The van der Waals surface area contributed by atoms with E-state index in [0.29, 0.717) is 27.8 Å². The maximum Gasteiger partial charge on any atom is 0.251 e. The lowest BCUT2D eigenvalue weighted by Gasteiger charge is -2.17. The van der Waals surface area contributed by atoms with E-state index in [1.807, 2.05) is 6.07 Å². The van der Waals surface area contributed by atoms with Crippen molar-refractivity contribution < 1.29 is 19.1 Å². The minimum Gasteiger partial charge on any atom is -0.495 e. The van der Waals surface area contributed by atoms with Crippen LogP contribution in [0.25, 0.3) is 0 Å². The topological polar surface area (TPSA) is 76.7 Å². The highest BCUT2D eigenvalue weighted by atomic mass is 35.5. The second-order valence-corrected chi connectivity index (χ2v) is 5.64. The van der Waals surface area contributed by atoms with Crippen LogP contribution in [-0.4, -0.2) is 32.1 Å². The molecule has 1 atom stereocenters. The fourth-order valence-corrected chi connectivity index (χ4v) is 2.36. The summed E-state index contributed by atoms with van der Waals surface area (Å²) in [6.45, 7) is 1.59. The number of rotatable bonds is 6. The lowest BCUT2D eigenvalue weighted by atomic mass is 10.2. The monoisotopic (exact) mass is 362 g/mol. The largest absolute Gasteiger partial charge is 0.495 e. The number of nitrogens with one attached hydrogen (secondary N) is 2. The summed E-state index contributed by atoms with van der Waals surface area (Å²) >= 11 is 6.04. The molecule has 0 fully saturated rings. The Morgan fingerprint density at radius 3 is 2.28 bits per heavy atom. The maximum atomic E-state index is 12.4. The Balaban J connectivity index is 2.09. The van der Waals surface area contributed by atoms with Gasteiger partial charge < -0.3 is 20.1 Å². The number of amides is 2. The third-order valence-corrected chi connectivity index (χ3v) is 3.80. The molecule has 0 saturated carbocycles. The first-order valence-corrected chi connectivity index (χ1v) is 7.92. The van der Waals surface area contributed by atoms with Crippen molar-refractivity contribution in [3.8, 4) is 11.5 Å². The van der Waals surface area contributed by atoms with Crippen LogP contribution in [0.4, 0.5) is 5.69 Å². The Morgan fingerprint density at radius 2 is 1.68 bits per heavy atom. The van der Waals surface area contributed by atoms with Gasteiger partial charge in [0.1, 0.15) is 17.5 Å². The predicted molar refractivity (Wildman–Crippen MR) is 96.6 cm³/mol. The number of anilines is 1. The first kappa shape index (κ1) is 18.6. The molecule has 0 heterocycles. The van der Waals surface area contributed by atoms with Crippen molar-refractivity contribution in [3.63, 3.8) is 0 Å². The SMILES string of the molecule is COc1cc(NC(=O)C(C)NC(=O)c2ccccc2)c(OC)cc1Cl. The number of hydrogen-bond donors (Lipinski definition) is 2. The van der Waals surface area contributed by atoms with E-state index in [9.17, 15) is 9.59 Å². The van der Waals surface area contributed by atoms with Crippen LogP contribution in [0, 0.1) is 0 Å². The molecule has 0 aromatic heterocycles. The van der Waals surface area contributed by atoms with E-state index in [1.165, 1.54) is 14.2 Å². The quantitative estimate of drug-likeness (QED) is 0.827. The van der Waals surface area contributed by atoms with Gasteiger partial charge in [0.25, 0.3) is 5.91 Å². The lowest BCUT2D eigenvalue weighted by Crippen LogP contribution is -2.41. The molecule has 2 rings (SSSR count). The number of methoxy groups -OCH3 is 2. The molecule has 2 aromatic rings. The molecular formula is C18H19ClN2O4. The molecular weight excluding hydrogens is 344 g/mol. The van der Waals surface area contributed by atoms with Crippen LogP contribution >= 0.6 is 11.6 Å². The molecule has 6 nitrogen and oxygen atoms in total. The van der Waals surface area contributed by atoms with Crippen LogP contribution < -0.4 is 20.1 Å². The normalized spacial score (nSPS) is 11.4. The number of carbonyl (C=O) groups excluding carboxylic acids is 2. The van der Waals surface area contributed by atoms with Crippen LogP contribution in [0.2, 0.25) is 5.02 Å². The molecule has 1 unspecified atom stereocenters. The molecule has 0 aliphatic heterocycles. The Hall–Kier alpha value is -2.73. The first-order chi connectivity index (χ1) is 12.0. The van der Waals surface area contributed by atoms with Gasteiger partial charge in [-0.1, -0.05) is 29.8 Å². The van der Waals surface area contributed by atoms with Gasteiger partial charge in [0.05, 0.1) is 24.9 Å². The molecule has 2 N–H and O–H groups in total. The minimum absolute atomic E-state index is 0.330. The molecule has 25 heavy (non-hydrogen) atoms. The fraction of sp³-hybridized carbons (Fsp3) is 0.222. The van der Waals surface area contributed by atoms with E-state index >= 15 is 0 Å².